The number of hydrogen-bond acceptors (Lipinski definition) is 8. The van der Waals surface area contributed by atoms with Crippen LogP contribution in [0.25, 0.3) is 11.1 Å². The van der Waals surface area contributed by atoms with E-state index in [0.29, 0.717) is 17.0 Å². The highest BCUT2D eigenvalue weighted by atomic mass is 35.5. The molecule has 212 valence electrons. The molecular weight excluding hydrogens is 549 g/mol. The molecule has 1 unspecified atom stereocenters. The van der Waals surface area contributed by atoms with E-state index in [2.05, 4.69) is 10.3 Å². The van der Waals surface area contributed by atoms with Crippen LogP contribution >= 0.6 is 11.6 Å². The summed E-state index contributed by atoms with van der Waals surface area (Å²) >= 11 is 6.45. The molecule has 3 aromatic rings. The number of methoxy groups -OCH3 is 1. The predicted octanol–water partition coefficient (Wildman–Crippen LogP) is 4.20. The second-order valence-electron chi connectivity index (χ2n) is 9.47. The number of cyclic esters (lactones) is 1. The minimum Gasteiger partial charge on any atom is -0.489 e. The summed E-state index contributed by atoms with van der Waals surface area (Å²) in [7, 11) is 1.50. The lowest BCUT2D eigenvalue weighted by Gasteiger charge is -2.28. The maximum absolute atomic E-state index is 15.1. The number of nitrogens with zero attached hydrogens (tertiary/aromatic N) is 4. The highest BCUT2D eigenvalue weighted by Gasteiger charge is 2.33. The van der Waals surface area contributed by atoms with Gasteiger partial charge in [0, 0.05) is 19.6 Å². The van der Waals surface area contributed by atoms with Crippen molar-refractivity contribution in [3.63, 3.8) is 0 Å². The Balaban J connectivity index is 1.42. The zero-order chi connectivity index (χ0) is 29.0. The van der Waals surface area contributed by atoms with Crippen LogP contribution in [-0.4, -0.2) is 65.0 Å². The summed E-state index contributed by atoms with van der Waals surface area (Å²) in [5.74, 6) is -0.741. The van der Waals surface area contributed by atoms with Crippen LogP contribution in [0, 0.1) is 15.9 Å². The maximum atomic E-state index is 15.1. The fourth-order valence-electron chi connectivity index (χ4n) is 4.10. The molecule has 1 N–H and O–H groups in total. The summed E-state index contributed by atoms with van der Waals surface area (Å²) in [6.45, 7) is 3.78. The quantitative estimate of drug-likeness (QED) is 0.265. The van der Waals surface area contributed by atoms with Crippen molar-refractivity contribution in [1.29, 1.82) is 0 Å². The summed E-state index contributed by atoms with van der Waals surface area (Å²) in [6.07, 6.45) is 1.48. The molecule has 1 aliphatic rings. The fourth-order valence-corrected chi connectivity index (χ4v) is 4.34. The zero-order valence-electron chi connectivity index (χ0n) is 21.9. The van der Waals surface area contributed by atoms with Crippen LogP contribution in [0.5, 0.6) is 5.75 Å². The lowest BCUT2D eigenvalue weighted by molar-refractivity contribution is -0.389. The summed E-state index contributed by atoms with van der Waals surface area (Å²) in [5.41, 5.74) is 0.220. The largest absolute Gasteiger partial charge is 0.489 e. The lowest BCUT2D eigenvalue weighted by Crippen LogP contribution is -2.39. The number of anilines is 1. The van der Waals surface area contributed by atoms with Gasteiger partial charge in [-0.1, -0.05) is 17.7 Å². The van der Waals surface area contributed by atoms with E-state index in [-0.39, 0.29) is 48.6 Å². The molecule has 0 bridgehead atoms. The third-order valence-corrected chi connectivity index (χ3v) is 6.60. The molecule has 1 saturated heterocycles. The Morgan fingerprint density at radius 2 is 2.12 bits per heavy atom. The van der Waals surface area contributed by atoms with Gasteiger partial charge in [-0.05, 0) is 52.7 Å². The van der Waals surface area contributed by atoms with Crippen molar-refractivity contribution >= 4 is 35.1 Å². The minimum atomic E-state index is -0.865. The summed E-state index contributed by atoms with van der Waals surface area (Å²) in [5, 5.41) is 13.7. The van der Waals surface area contributed by atoms with Crippen molar-refractivity contribution in [3.05, 3.63) is 69.9 Å². The predicted molar refractivity (Wildman–Crippen MR) is 143 cm³/mol. The molecular formula is C26H27ClFN5O7. The first kappa shape index (κ1) is 28.8. The molecule has 1 aromatic heterocycles. The molecule has 0 radical (unpaired) electrons. The molecule has 0 spiro atoms. The smallest absolute Gasteiger partial charge is 0.414 e. The SMILES string of the molecule is COC(C)(COc1ccc(-c2ccc(N3C[C@H](CNC(C)=O)OC3=O)cc2F)cc1Cl)Cn1cnc([N+](=O)[O-])c1. The van der Waals surface area contributed by atoms with Gasteiger partial charge in [-0.15, -0.1) is 0 Å². The summed E-state index contributed by atoms with van der Waals surface area (Å²) < 4.78 is 33.4. The number of aromatic nitrogens is 2. The first-order chi connectivity index (χ1) is 19.0. The third kappa shape index (κ3) is 6.66. The summed E-state index contributed by atoms with van der Waals surface area (Å²) in [6, 6.07) is 9.19. The third-order valence-electron chi connectivity index (χ3n) is 6.31. The molecule has 2 amide bonds. The van der Waals surface area contributed by atoms with Crippen molar-refractivity contribution in [2.45, 2.75) is 32.1 Å². The Labute approximate surface area is 233 Å². The monoisotopic (exact) mass is 575 g/mol. The minimum absolute atomic E-state index is 0.0620. The number of benzene rings is 2. The van der Waals surface area contributed by atoms with Crippen molar-refractivity contribution in [1.82, 2.24) is 14.9 Å². The number of rotatable bonds is 11. The number of imidazole rings is 1. The molecule has 1 aliphatic heterocycles. The van der Waals surface area contributed by atoms with Gasteiger partial charge in [0.1, 0.15) is 36.1 Å². The number of nitro groups is 1. The van der Waals surface area contributed by atoms with E-state index < -0.39 is 28.5 Å². The van der Waals surface area contributed by atoms with E-state index >= 15 is 4.39 Å². The molecule has 1 fully saturated rings. The Morgan fingerprint density at radius 1 is 1.35 bits per heavy atom. The number of nitrogens with one attached hydrogen (secondary N) is 1. The van der Waals surface area contributed by atoms with Crippen LogP contribution in [0.3, 0.4) is 0 Å². The van der Waals surface area contributed by atoms with E-state index in [4.69, 9.17) is 25.8 Å². The van der Waals surface area contributed by atoms with Crippen molar-refractivity contribution in [3.8, 4) is 16.9 Å². The Morgan fingerprint density at radius 3 is 2.75 bits per heavy atom. The van der Waals surface area contributed by atoms with Gasteiger partial charge in [0.05, 0.1) is 30.3 Å². The molecule has 12 nitrogen and oxygen atoms in total. The van der Waals surface area contributed by atoms with Crippen LogP contribution in [0.1, 0.15) is 13.8 Å². The van der Waals surface area contributed by atoms with E-state index in [1.807, 2.05) is 0 Å². The van der Waals surface area contributed by atoms with Crippen molar-refractivity contribution in [2.24, 2.45) is 0 Å². The van der Waals surface area contributed by atoms with Gasteiger partial charge in [0.2, 0.25) is 12.2 Å². The molecule has 0 saturated carbocycles. The molecule has 0 aliphatic carbocycles. The number of hydrogen-bond donors (Lipinski definition) is 1. The molecule has 4 rings (SSSR count). The zero-order valence-corrected chi connectivity index (χ0v) is 22.7. The number of ether oxygens (including phenoxy) is 3. The maximum Gasteiger partial charge on any atom is 0.414 e. The second-order valence-corrected chi connectivity index (χ2v) is 9.87. The Bertz CT molecular complexity index is 1430. The van der Waals surface area contributed by atoms with E-state index in [1.165, 1.54) is 48.2 Å². The second kappa shape index (κ2) is 11.9. The average Bonchev–Trinajstić information content (AvgIpc) is 3.53. The van der Waals surface area contributed by atoms with Gasteiger partial charge in [-0.25, -0.2) is 9.18 Å². The van der Waals surface area contributed by atoms with E-state index in [1.54, 1.807) is 31.2 Å². The van der Waals surface area contributed by atoms with Crippen LogP contribution < -0.4 is 15.0 Å². The molecule has 2 aromatic carbocycles. The number of halogens is 2. The standard InChI is InChI=1S/C26H27ClFN5O7/c1-16(34)29-10-19-11-32(25(35)40-19)18-5-6-20(22(28)9-18)17-4-7-23(21(27)8-17)39-14-26(2,38-3)13-31-12-24(30-15-31)33(36)37/h4-9,12,15,19H,10-11,13-14H2,1-3H3,(H,29,34)/t19-,26?/m0/s1. The van der Waals surface area contributed by atoms with Gasteiger partial charge in [0.25, 0.3) is 0 Å². The van der Waals surface area contributed by atoms with Crippen LogP contribution in [-0.2, 0) is 20.8 Å². The first-order valence-electron chi connectivity index (χ1n) is 12.1. The molecule has 2 atom stereocenters. The van der Waals surface area contributed by atoms with Crippen LogP contribution in [0.2, 0.25) is 5.02 Å². The highest BCUT2D eigenvalue weighted by Crippen LogP contribution is 2.34. The Kier molecular flexibility index (Phi) is 8.55. The van der Waals surface area contributed by atoms with Gasteiger partial charge in [-0.2, -0.15) is 0 Å². The summed E-state index contributed by atoms with van der Waals surface area (Å²) in [4.78, 5) is 38.7. The first-order valence-corrected chi connectivity index (χ1v) is 12.5. The average molecular weight is 576 g/mol. The van der Waals surface area contributed by atoms with E-state index in [0.717, 1.165) is 0 Å². The topological polar surface area (TPSA) is 138 Å². The fraction of sp³-hybridized carbons (Fsp3) is 0.346. The number of carbonyl (C=O) groups excluding carboxylic acids is 2. The number of carbonyl (C=O) groups is 2. The molecule has 2 heterocycles. The van der Waals surface area contributed by atoms with Gasteiger partial charge >= 0.3 is 11.9 Å². The van der Waals surface area contributed by atoms with E-state index in [9.17, 15) is 19.7 Å². The van der Waals surface area contributed by atoms with Gasteiger partial charge < -0.3 is 34.2 Å². The van der Waals surface area contributed by atoms with Gasteiger partial charge in [-0.3, -0.25) is 9.69 Å². The molecule has 14 heteroatoms. The highest BCUT2D eigenvalue weighted by molar-refractivity contribution is 6.32. The van der Waals surface area contributed by atoms with Crippen molar-refractivity contribution in [2.75, 3.05) is 31.7 Å². The molecule has 40 heavy (non-hydrogen) atoms. The van der Waals surface area contributed by atoms with Crippen molar-refractivity contribution < 1.29 is 33.1 Å². The lowest BCUT2D eigenvalue weighted by atomic mass is 10.0. The van der Waals surface area contributed by atoms with Crippen LogP contribution in [0.4, 0.5) is 20.7 Å². The van der Waals surface area contributed by atoms with Gasteiger partial charge in [0.15, 0.2) is 0 Å². The number of amides is 2. The Hall–Kier alpha value is -4.23. The van der Waals surface area contributed by atoms with Crippen LogP contribution in [0.15, 0.2) is 48.9 Å². The normalized spacial score (nSPS) is 16.4.